The summed E-state index contributed by atoms with van der Waals surface area (Å²) in [5, 5.41) is 0.977. The van der Waals surface area contributed by atoms with E-state index in [0.717, 1.165) is 19.2 Å². The van der Waals surface area contributed by atoms with Gasteiger partial charge in [-0.2, -0.15) is 0 Å². The third-order valence-corrected chi connectivity index (χ3v) is 8.47. The summed E-state index contributed by atoms with van der Waals surface area (Å²) in [4.78, 5) is 5.14. The molecule has 1 aliphatic heterocycles. The molecule has 10 heteroatoms. The minimum Gasteiger partial charge on any atom is -0.489 e. The molecule has 1 aromatic heterocycles. The summed E-state index contributed by atoms with van der Waals surface area (Å²) in [5.41, 5.74) is 2.89. The molecule has 1 fully saturated rings. The lowest BCUT2D eigenvalue weighted by atomic mass is 10.0. The Hall–Kier alpha value is -2.07. The molecule has 1 aliphatic rings. The summed E-state index contributed by atoms with van der Waals surface area (Å²) in [6.45, 7) is 3.65. The lowest BCUT2D eigenvalue weighted by Gasteiger charge is -2.36. The van der Waals surface area contributed by atoms with Gasteiger partial charge in [-0.1, -0.05) is 49.4 Å². The standard InChI is InChI=1S/C23H23ClF2N2O3S2.CH4/c1-15(16-5-3-2-4-6-16)28-9-7-18(8-10-28)31-20-11-19(25)23(22(26)21(20)24)33(29,30)13-17-12-32-14-27-17;/h2-6,11-12,14-15,18H,7-10,13H2,1H3;1H4/t15-;/m1./s1. The van der Waals surface area contributed by atoms with Crippen LogP contribution in [0.4, 0.5) is 8.78 Å². The molecular weight excluding hydrogens is 502 g/mol. The Labute approximate surface area is 208 Å². The Morgan fingerprint density at radius 1 is 1.24 bits per heavy atom. The summed E-state index contributed by atoms with van der Waals surface area (Å²) in [7, 11) is -4.31. The Morgan fingerprint density at radius 3 is 2.53 bits per heavy atom. The molecular formula is C24H27ClF2N2O3S2. The molecule has 2 heterocycles. The number of ether oxygens (including phenoxy) is 1. The molecule has 0 saturated carbocycles. The molecule has 0 bridgehead atoms. The van der Waals surface area contributed by atoms with Crippen LogP contribution in [0.1, 0.15) is 44.5 Å². The van der Waals surface area contributed by atoms with Crippen LogP contribution in [0, 0.1) is 11.6 Å². The lowest BCUT2D eigenvalue weighted by Crippen LogP contribution is -2.39. The summed E-state index contributed by atoms with van der Waals surface area (Å²) >= 11 is 7.28. The van der Waals surface area contributed by atoms with Crippen LogP contribution in [0.5, 0.6) is 5.75 Å². The van der Waals surface area contributed by atoms with E-state index in [1.807, 2.05) is 18.2 Å². The maximum atomic E-state index is 14.9. The van der Waals surface area contributed by atoms with Gasteiger partial charge in [0, 0.05) is 30.6 Å². The SMILES string of the molecule is C.C[C@H](c1ccccc1)N1CCC(Oc2cc(F)c(S(=O)(=O)Cc3cscn3)c(F)c2Cl)CC1. The number of hydrogen-bond donors (Lipinski definition) is 0. The second kappa shape index (κ2) is 11.1. The van der Waals surface area contributed by atoms with Crippen LogP contribution in [0.2, 0.25) is 5.02 Å². The van der Waals surface area contributed by atoms with E-state index in [2.05, 4.69) is 28.9 Å². The summed E-state index contributed by atoms with van der Waals surface area (Å²) in [6, 6.07) is 11.3. The predicted octanol–water partition coefficient (Wildman–Crippen LogP) is 6.29. The lowest BCUT2D eigenvalue weighted by molar-refractivity contribution is 0.0793. The molecule has 1 saturated heterocycles. The first-order valence-electron chi connectivity index (χ1n) is 10.5. The van der Waals surface area contributed by atoms with Gasteiger partial charge in [0.2, 0.25) is 0 Å². The van der Waals surface area contributed by atoms with E-state index in [9.17, 15) is 17.2 Å². The van der Waals surface area contributed by atoms with Gasteiger partial charge in [-0.05, 0) is 25.3 Å². The predicted molar refractivity (Wildman–Crippen MR) is 131 cm³/mol. The van der Waals surface area contributed by atoms with Gasteiger partial charge in [-0.15, -0.1) is 11.3 Å². The number of aromatic nitrogens is 1. The number of likely N-dealkylation sites (tertiary alicyclic amines) is 1. The van der Waals surface area contributed by atoms with E-state index in [-0.39, 0.29) is 31.0 Å². The first-order valence-corrected chi connectivity index (χ1v) is 13.5. The number of benzene rings is 2. The average molecular weight is 529 g/mol. The van der Waals surface area contributed by atoms with E-state index in [4.69, 9.17) is 16.3 Å². The van der Waals surface area contributed by atoms with Crippen LogP contribution in [0.25, 0.3) is 0 Å². The van der Waals surface area contributed by atoms with Crippen molar-refractivity contribution in [3.63, 3.8) is 0 Å². The Morgan fingerprint density at radius 2 is 1.91 bits per heavy atom. The van der Waals surface area contributed by atoms with Crippen LogP contribution >= 0.6 is 22.9 Å². The van der Waals surface area contributed by atoms with Crippen molar-refractivity contribution >= 4 is 32.8 Å². The summed E-state index contributed by atoms with van der Waals surface area (Å²) in [6.07, 6.45) is 1.03. The average Bonchev–Trinajstić information content (AvgIpc) is 3.30. The van der Waals surface area contributed by atoms with Crippen molar-refractivity contribution in [2.45, 2.75) is 50.0 Å². The molecule has 4 rings (SSSR count). The van der Waals surface area contributed by atoms with Crippen molar-refractivity contribution in [1.82, 2.24) is 9.88 Å². The van der Waals surface area contributed by atoms with Crippen LogP contribution < -0.4 is 4.74 Å². The molecule has 34 heavy (non-hydrogen) atoms. The number of sulfone groups is 1. The third kappa shape index (κ3) is 5.76. The third-order valence-electron chi connectivity index (χ3n) is 5.82. The summed E-state index contributed by atoms with van der Waals surface area (Å²) < 4.78 is 60.6. The quantitative estimate of drug-likeness (QED) is 0.337. The first-order chi connectivity index (χ1) is 15.8. The normalized spacial score (nSPS) is 16.1. The van der Waals surface area contributed by atoms with Crippen molar-refractivity contribution in [1.29, 1.82) is 0 Å². The molecule has 0 amide bonds. The van der Waals surface area contributed by atoms with Crippen molar-refractivity contribution in [2.75, 3.05) is 13.1 Å². The molecule has 5 nitrogen and oxygen atoms in total. The fourth-order valence-electron chi connectivity index (χ4n) is 4.01. The van der Waals surface area contributed by atoms with Gasteiger partial charge in [-0.25, -0.2) is 22.2 Å². The summed E-state index contributed by atoms with van der Waals surface area (Å²) in [5.74, 6) is -3.36. The van der Waals surface area contributed by atoms with Gasteiger partial charge in [0.25, 0.3) is 0 Å². The molecule has 3 aromatic rings. The van der Waals surface area contributed by atoms with Crippen molar-refractivity contribution in [3.05, 3.63) is 75.2 Å². The number of piperidine rings is 1. The maximum Gasteiger partial charge on any atom is 0.189 e. The second-order valence-electron chi connectivity index (χ2n) is 7.99. The molecule has 0 unspecified atom stereocenters. The van der Waals surface area contributed by atoms with Crippen LogP contribution in [-0.4, -0.2) is 37.5 Å². The van der Waals surface area contributed by atoms with Gasteiger partial charge >= 0.3 is 0 Å². The van der Waals surface area contributed by atoms with Gasteiger partial charge in [0.15, 0.2) is 15.7 Å². The fourth-order valence-corrected chi connectivity index (χ4v) is 6.34. The van der Waals surface area contributed by atoms with E-state index < -0.39 is 37.1 Å². The van der Waals surface area contributed by atoms with E-state index in [0.29, 0.717) is 12.8 Å². The van der Waals surface area contributed by atoms with Crippen LogP contribution in [0.15, 0.2) is 52.2 Å². The molecule has 184 valence electrons. The van der Waals surface area contributed by atoms with Gasteiger partial charge in [0.05, 0.1) is 17.0 Å². The molecule has 0 N–H and O–H groups in total. The molecule has 1 atom stereocenters. The zero-order valence-electron chi connectivity index (χ0n) is 17.9. The first kappa shape index (κ1) is 26.5. The Balaban J connectivity index is 0.00000324. The number of rotatable bonds is 7. The Kier molecular flexibility index (Phi) is 8.67. The maximum absolute atomic E-state index is 14.9. The fraction of sp³-hybridized carbons (Fsp3) is 0.375. The van der Waals surface area contributed by atoms with Gasteiger partial charge in [-0.3, -0.25) is 4.90 Å². The van der Waals surface area contributed by atoms with E-state index >= 15 is 0 Å². The van der Waals surface area contributed by atoms with Crippen molar-refractivity contribution in [3.8, 4) is 5.75 Å². The van der Waals surface area contributed by atoms with Crippen LogP contribution in [-0.2, 0) is 15.6 Å². The highest BCUT2D eigenvalue weighted by Gasteiger charge is 2.31. The number of thiazole rings is 1. The van der Waals surface area contributed by atoms with Crippen LogP contribution in [0.3, 0.4) is 0 Å². The topological polar surface area (TPSA) is 59.5 Å². The molecule has 0 spiro atoms. The highest BCUT2D eigenvalue weighted by Crippen LogP contribution is 2.37. The van der Waals surface area contributed by atoms with E-state index in [1.54, 1.807) is 0 Å². The zero-order chi connectivity index (χ0) is 23.6. The van der Waals surface area contributed by atoms with Gasteiger partial charge < -0.3 is 4.74 Å². The minimum atomic E-state index is -4.31. The number of halogens is 3. The Bertz CT molecular complexity index is 1200. The van der Waals surface area contributed by atoms with Crippen molar-refractivity contribution in [2.24, 2.45) is 0 Å². The number of nitrogens with zero attached hydrogens (tertiary/aromatic N) is 2. The minimum absolute atomic E-state index is 0. The monoisotopic (exact) mass is 528 g/mol. The van der Waals surface area contributed by atoms with E-state index in [1.165, 1.54) is 27.8 Å². The largest absolute Gasteiger partial charge is 0.489 e. The molecule has 0 radical (unpaired) electrons. The number of hydrogen-bond acceptors (Lipinski definition) is 6. The molecule has 0 aliphatic carbocycles. The highest BCUT2D eigenvalue weighted by molar-refractivity contribution is 7.90. The van der Waals surface area contributed by atoms with Gasteiger partial charge in [0.1, 0.15) is 27.6 Å². The zero-order valence-corrected chi connectivity index (χ0v) is 20.3. The smallest absolute Gasteiger partial charge is 0.189 e. The van der Waals surface area contributed by atoms with Crippen molar-refractivity contribution < 1.29 is 21.9 Å². The highest BCUT2D eigenvalue weighted by atomic mass is 35.5. The second-order valence-corrected chi connectivity index (χ2v) is 11.0. The molecule has 2 aromatic carbocycles.